The van der Waals surface area contributed by atoms with E-state index in [-0.39, 0.29) is 6.42 Å². The molecule has 7 N–H and O–H groups in total. The summed E-state index contributed by atoms with van der Waals surface area (Å²) in [5.74, 6) is -2.72. The molecule has 11 nitrogen and oxygen atoms in total. The van der Waals surface area contributed by atoms with Crippen molar-refractivity contribution < 1.29 is 28.7 Å². The lowest BCUT2D eigenvalue weighted by molar-refractivity contribution is -0.142. The van der Waals surface area contributed by atoms with Crippen LogP contribution in [0.25, 0.3) is 11.0 Å². The molecule has 196 valence electrons. The predicted octanol–water partition coefficient (Wildman–Crippen LogP) is 0.851. The Labute approximate surface area is 212 Å². The molecule has 0 spiro atoms. The minimum Gasteiger partial charge on any atom is -0.480 e. The van der Waals surface area contributed by atoms with Gasteiger partial charge in [0.2, 0.25) is 17.7 Å². The van der Waals surface area contributed by atoms with Crippen molar-refractivity contribution in [3.8, 4) is 0 Å². The Kier molecular flexibility index (Phi) is 10.1. The van der Waals surface area contributed by atoms with Crippen molar-refractivity contribution in [2.45, 2.75) is 45.3 Å². The lowest BCUT2D eigenvalue weighted by atomic mass is 10.1. The van der Waals surface area contributed by atoms with Crippen molar-refractivity contribution in [2.75, 3.05) is 0 Å². The number of hydrogen-bond acceptors (Lipinski definition) is 7. The normalized spacial score (nSPS) is 12.9. The Morgan fingerprint density at radius 3 is 2.19 bits per heavy atom. The number of nitrogens with two attached hydrogens (primary N) is 2. The van der Waals surface area contributed by atoms with Crippen LogP contribution in [0.4, 0.5) is 0 Å². The first kappa shape index (κ1) is 28.7. The molecule has 37 heavy (non-hydrogen) atoms. The molecular formula is C26H30N4O7. The summed E-state index contributed by atoms with van der Waals surface area (Å²) in [5.41, 5.74) is 12.4. The Bertz CT molecular complexity index is 1340. The summed E-state index contributed by atoms with van der Waals surface area (Å²) in [6.45, 7) is 4.77. The molecule has 11 heteroatoms. The summed E-state index contributed by atoms with van der Waals surface area (Å²) in [6, 6.07) is 12.5. The van der Waals surface area contributed by atoms with Gasteiger partial charge in [-0.25, -0.2) is 9.59 Å². The number of carboxylic acid groups (broad SMARTS) is 1. The van der Waals surface area contributed by atoms with E-state index < -0.39 is 47.4 Å². The van der Waals surface area contributed by atoms with Gasteiger partial charge in [-0.05, 0) is 44.0 Å². The Balaban J connectivity index is 0.000000278. The molecule has 2 aromatic carbocycles. The SMILES string of the molecule is C[C@H](N)C(=O)N[C@@H](C)C(=O)N[C@@H](Cc1ccccc1)C(=O)O.Cc1cc(=O)oc2cc(C(N)=O)ccc12. The van der Waals surface area contributed by atoms with E-state index in [2.05, 4.69) is 10.6 Å². The zero-order valence-corrected chi connectivity index (χ0v) is 20.7. The summed E-state index contributed by atoms with van der Waals surface area (Å²) >= 11 is 0. The second-order valence-electron chi connectivity index (χ2n) is 8.43. The number of primary amides is 1. The number of amides is 3. The van der Waals surface area contributed by atoms with Gasteiger partial charge in [-0.15, -0.1) is 0 Å². The molecule has 3 amide bonds. The molecule has 3 rings (SSSR count). The Morgan fingerprint density at radius 1 is 0.973 bits per heavy atom. The highest BCUT2D eigenvalue weighted by Gasteiger charge is 2.24. The van der Waals surface area contributed by atoms with E-state index in [0.29, 0.717) is 11.1 Å². The number of nitrogens with one attached hydrogen (secondary N) is 2. The number of benzene rings is 2. The molecule has 1 aromatic heterocycles. The monoisotopic (exact) mass is 510 g/mol. The number of hydrogen-bond donors (Lipinski definition) is 5. The van der Waals surface area contributed by atoms with Gasteiger partial charge in [0.25, 0.3) is 0 Å². The van der Waals surface area contributed by atoms with E-state index in [4.69, 9.17) is 15.9 Å². The molecule has 0 saturated carbocycles. The third kappa shape index (κ3) is 8.58. The number of fused-ring (bicyclic) bond motifs is 1. The maximum atomic E-state index is 12.0. The minimum absolute atomic E-state index is 0.163. The van der Waals surface area contributed by atoms with Crippen molar-refractivity contribution in [2.24, 2.45) is 11.5 Å². The van der Waals surface area contributed by atoms with E-state index in [1.807, 2.05) is 13.0 Å². The van der Waals surface area contributed by atoms with Gasteiger partial charge in [0, 0.05) is 23.4 Å². The largest absolute Gasteiger partial charge is 0.480 e. The second kappa shape index (κ2) is 13.0. The van der Waals surface area contributed by atoms with Crippen LogP contribution in [0.1, 0.15) is 35.3 Å². The molecule has 0 fully saturated rings. The molecule has 0 unspecified atom stereocenters. The average molecular weight is 511 g/mol. The average Bonchev–Trinajstić information content (AvgIpc) is 2.83. The van der Waals surface area contributed by atoms with Crippen molar-refractivity contribution in [1.82, 2.24) is 10.6 Å². The molecule has 0 aliphatic rings. The number of carbonyl (C=O) groups excluding carboxylic acids is 3. The molecule has 3 aromatic rings. The van der Waals surface area contributed by atoms with Gasteiger partial charge >= 0.3 is 11.6 Å². The molecule has 0 radical (unpaired) electrons. The van der Waals surface area contributed by atoms with Crippen LogP contribution in [0.15, 0.2) is 63.8 Å². The van der Waals surface area contributed by atoms with Gasteiger partial charge in [0.05, 0.1) is 6.04 Å². The maximum Gasteiger partial charge on any atom is 0.336 e. The van der Waals surface area contributed by atoms with Gasteiger partial charge in [0.1, 0.15) is 17.7 Å². The molecule has 0 aliphatic heterocycles. The van der Waals surface area contributed by atoms with E-state index in [1.54, 1.807) is 36.4 Å². The number of aliphatic carboxylic acids is 1. The van der Waals surface area contributed by atoms with Crippen LogP contribution < -0.4 is 27.7 Å². The van der Waals surface area contributed by atoms with Gasteiger partial charge in [-0.3, -0.25) is 14.4 Å². The van der Waals surface area contributed by atoms with Gasteiger partial charge in [-0.2, -0.15) is 0 Å². The first-order valence-corrected chi connectivity index (χ1v) is 11.4. The van der Waals surface area contributed by atoms with E-state index >= 15 is 0 Å². The first-order chi connectivity index (χ1) is 17.4. The molecule has 3 atom stereocenters. The van der Waals surface area contributed by atoms with Crippen LogP contribution in [0.3, 0.4) is 0 Å². The topological polar surface area (TPSA) is 195 Å². The molecule has 0 aliphatic carbocycles. The molecule has 1 heterocycles. The quantitative estimate of drug-likeness (QED) is 0.275. The summed E-state index contributed by atoms with van der Waals surface area (Å²) in [5, 5.41) is 14.9. The van der Waals surface area contributed by atoms with E-state index in [1.165, 1.54) is 26.0 Å². The highest BCUT2D eigenvalue weighted by atomic mass is 16.4. The van der Waals surface area contributed by atoms with Crippen molar-refractivity contribution >= 4 is 34.7 Å². The standard InChI is InChI=1S/C15H21N3O4.C11H9NO3/c1-9(16)13(19)17-10(2)14(20)18-12(15(21)22)8-11-6-4-3-5-7-11;1-6-4-10(13)15-9-5-7(11(12)14)2-3-8(6)9/h3-7,9-10,12H,8,16H2,1-2H3,(H,17,19)(H,18,20)(H,21,22);2-5H,1H3,(H2,12,14)/t9-,10-,12-;/m0./s1. The van der Waals surface area contributed by atoms with Crippen LogP contribution in [0.2, 0.25) is 0 Å². The van der Waals surface area contributed by atoms with Crippen LogP contribution in [0.5, 0.6) is 0 Å². The summed E-state index contributed by atoms with van der Waals surface area (Å²) in [4.78, 5) is 56.7. The summed E-state index contributed by atoms with van der Waals surface area (Å²) < 4.78 is 4.97. The predicted molar refractivity (Wildman–Crippen MR) is 137 cm³/mol. The number of rotatable bonds is 8. The van der Waals surface area contributed by atoms with Crippen molar-refractivity contribution in [3.63, 3.8) is 0 Å². The third-order valence-corrected chi connectivity index (χ3v) is 5.30. The zero-order chi connectivity index (χ0) is 27.7. The fourth-order valence-electron chi connectivity index (χ4n) is 3.24. The van der Waals surface area contributed by atoms with Crippen molar-refractivity contribution in [1.29, 1.82) is 0 Å². The van der Waals surface area contributed by atoms with Gasteiger partial charge < -0.3 is 31.6 Å². The van der Waals surface area contributed by atoms with Gasteiger partial charge in [0.15, 0.2) is 0 Å². The number of aryl methyl sites for hydroxylation is 1. The zero-order valence-electron chi connectivity index (χ0n) is 20.7. The van der Waals surface area contributed by atoms with Gasteiger partial charge in [-0.1, -0.05) is 36.4 Å². The van der Waals surface area contributed by atoms with Crippen molar-refractivity contribution in [3.05, 3.63) is 81.7 Å². The first-order valence-electron chi connectivity index (χ1n) is 11.4. The van der Waals surface area contributed by atoms with Crippen LogP contribution >= 0.6 is 0 Å². The van der Waals surface area contributed by atoms with Crippen LogP contribution in [-0.4, -0.2) is 46.9 Å². The molecule has 0 saturated heterocycles. The number of carboxylic acids is 1. The lowest BCUT2D eigenvalue weighted by Crippen LogP contribution is -2.53. The smallest absolute Gasteiger partial charge is 0.336 e. The summed E-state index contributed by atoms with van der Waals surface area (Å²) in [7, 11) is 0. The molecular weight excluding hydrogens is 480 g/mol. The fraction of sp³-hybridized carbons (Fsp3) is 0.269. The lowest BCUT2D eigenvalue weighted by Gasteiger charge is -2.19. The maximum absolute atomic E-state index is 12.0. The molecule has 0 bridgehead atoms. The van der Waals surface area contributed by atoms with Crippen LogP contribution in [0, 0.1) is 6.92 Å². The Morgan fingerprint density at radius 2 is 1.62 bits per heavy atom. The highest BCUT2D eigenvalue weighted by Crippen LogP contribution is 2.17. The van der Waals surface area contributed by atoms with Crippen LogP contribution in [-0.2, 0) is 20.8 Å². The highest BCUT2D eigenvalue weighted by molar-refractivity contribution is 5.96. The second-order valence-corrected chi connectivity index (χ2v) is 8.43. The fourth-order valence-corrected chi connectivity index (χ4v) is 3.24. The summed E-state index contributed by atoms with van der Waals surface area (Å²) in [6.07, 6.45) is 0.163. The number of carbonyl (C=O) groups is 4. The van der Waals surface area contributed by atoms with E-state index in [9.17, 15) is 29.1 Å². The Hall–Kier alpha value is -4.51. The minimum atomic E-state index is -1.14. The van der Waals surface area contributed by atoms with E-state index in [0.717, 1.165) is 16.5 Å². The third-order valence-electron chi connectivity index (χ3n) is 5.30.